The lowest BCUT2D eigenvalue weighted by atomic mass is 10.2. The summed E-state index contributed by atoms with van der Waals surface area (Å²) in [4.78, 5) is 7.29. The van der Waals surface area contributed by atoms with Gasteiger partial charge in [-0.05, 0) is 5.92 Å². The van der Waals surface area contributed by atoms with Crippen LogP contribution in [0.15, 0.2) is 11.1 Å². The third-order valence-corrected chi connectivity index (χ3v) is 3.28. The van der Waals surface area contributed by atoms with E-state index in [9.17, 15) is 13.2 Å². The Morgan fingerprint density at radius 3 is 2.61 bits per heavy atom. The van der Waals surface area contributed by atoms with Gasteiger partial charge in [0.2, 0.25) is 5.95 Å². The van der Waals surface area contributed by atoms with Gasteiger partial charge < -0.3 is 10.4 Å². The minimum absolute atomic E-state index is 0.00247. The Labute approximate surface area is 107 Å². The molecule has 0 fully saturated rings. The Bertz CT molecular complexity index is 400. The standard InChI is InChI=1S/C10H14F3N3OS/c1-6(4-17)5-18-8-3-7(10(11,12)13)15-9(14-2)16-8/h3,6,17H,4-5H2,1-2H3,(H,14,15,16). The second-order valence-corrected chi connectivity index (χ2v) is 4.80. The minimum atomic E-state index is -4.49. The molecule has 1 rings (SSSR count). The predicted molar refractivity (Wildman–Crippen MR) is 63.6 cm³/mol. The molecule has 1 aromatic heterocycles. The molecule has 0 saturated carbocycles. The van der Waals surface area contributed by atoms with Crippen LogP contribution in [0.3, 0.4) is 0 Å². The number of rotatable bonds is 5. The quantitative estimate of drug-likeness (QED) is 0.640. The fourth-order valence-electron chi connectivity index (χ4n) is 1.04. The van der Waals surface area contributed by atoms with Crippen LogP contribution in [0.5, 0.6) is 0 Å². The van der Waals surface area contributed by atoms with Crippen LogP contribution in [0.2, 0.25) is 0 Å². The molecule has 1 heterocycles. The van der Waals surface area contributed by atoms with E-state index in [1.807, 2.05) is 0 Å². The molecule has 18 heavy (non-hydrogen) atoms. The van der Waals surface area contributed by atoms with Gasteiger partial charge in [0, 0.05) is 25.5 Å². The molecular weight excluding hydrogens is 267 g/mol. The molecule has 4 nitrogen and oxygen atoms in total. The third-order valence-electron chi connectivity index (χ3n) is 2.04. The van der Waals surface area contributed by atoms with Crippen molar-refractivity contribution in [3.05, 3.63) is 11.8 Å². The summed E-state index contributed by atoms with van der Waals surface area (Å²) in [5.41, 5.74) is -0.971. The van der Waals surface area contributed by atoms with E-state index in [1.54, 1.807) is 6.92 Å². The van der Waals surface area contributed by atoms with Crippen molar-refractivity contribution in [1.29, 1.82) is 0 Å². The van der Waals surface area contributed by atoms with Crippen LogP contribution in [-0.4, -0.2) is 34.5 Å². The normalized spacial score (nSPS) is 13.4. The van der Waals surface area contributed by atoms with E-state index < -0.39 is 11.9 Å². The molecule has 2 N–H and O–H groups in total. The first-order valence-electron chi connectivity index (χ1n) is 5.24. The fraction of sp³-hybridized carbons (Fsp3) is 0.600. The molecule has 1 aromatic rings. The van der Waals surface area contributed by atoms with Crippen molar-refractivity contribution in [2.45, 2.75) is 18.1 Å². The summed E-state index contributed by atoms with van der Waals surface area (Å²) in [7, 11) is 1.46. The molecule has 0 aliphatic rings. The molecule has 0 amide bonds. The van der Waals surface area contributed by atoms with Gasteiger partial charge in [-0.1, -0.05) is 6.92 Å². The van der Waals surface area contributed by atoms with E-state index in [0.717, 1.165) is 17.8 Å². The molecule has 0 saturated heterocycles. The van der Waals surface area contributed by atoms with E-state index in [2.05, 4.69) is 15.3 Å². The molecule has 102 valence electrons. The number of alkyl halides is 3. The number of aliphatic hydroxyl groups excluding tert-OH is 1. The maximum Gasteiger partial charge on any atom is 0.433 e. The summed E-state index contributed by atoms with van der Waals surface area (Å²) in [6, 6.07) is 0.912. The van der Waals surface area contributed by atoms with Crippen molar-refractivity contribution in [2.75, 3.05) is 24.7 Å². The van der Waals surface area contributed by atoms with Crippen molar-refractivity contribution in [3.63, 3.8) is 0 Å². The minimum Gasteiger partial charge on any atom is -0.396 e. The number of thioether (sulfide) groups is 1. The summed E-state index contributed by atoms with van der Waals surface area (Å²) in [6.45, 7) is 1.79. The number of halogens is 3. The molecule has 0 aliphatic heterocycles. The van der Waals surface area contributed by atoms with E-state index in [0.29, 0.717) is 5.75 Å². The highest BCUT2D eigenvalue weighted by molar-refractivity contribution is 7.99. The third kappa shape index (κ3) is 4.34. The molecule has 0 aromatic carbocycles. The summed E-state index contributed by atoms with van der Waals surface area (Å²) < 4.78 is 37.7. The number of nitrogens with one attached hydrogen (secondary N) is 1. The first kappa shape index (κ1) is 15.0. The van der Waals surface area contributed by atoms with Crippen molar-refractivity contribution in [2.24, 2.45) is 5.92 Å². The molecule has 0 radical (unpaired) electrons. The van der Waals surface area contributed by atoms with Crippen LogP contribution in [0.1, 0.15) is 12.6 Å². The van der Waals surface area contributed by atoms with Gasteiger partial charge in [0.15, 0.2) is 5.69 Å². The first-order valence-corrected chi connectivity index (χ1v) is 6.23. The van der Waals surface area contributed by atoms with Crippen molar-refractivity contribution in [1.82, 2.24) is 9.97 Å². The Balaban J connectivity index is 2.91. The maximum absolute atomic E-state index is 12.6. The largest absolute Gasteiger partial charge is 0.433 e. The second-order valence-electron chi connectivity index (χ2n) is 3.76. The van der Waals surface area contributed by atoms with Gasteiger partial charge in [-0.3, -0.25) is 0 Å². The lowest BCUT2D eigenvalue weighted by Gasteiger charge is -2.11. The fourth-order valence-corrected chi connectivity index (χ4v) is 1.94. The van der Waals surface area contributed by atoms with Gasteiger partial charge in [-0.15, -0.1) is 11.8 Å². The molecule has 0 spiro atoms. The lowest BCUT2D eigenvalue weighted by Crippen LogP contribution is -2.11. The van der Waals surface area contributed by atoms with Crippen molar-refractivity contribution < 1.29 is 18.3 Å². The first-order chi connectivity index (χ1) is 8.36. The van der Waals surface area contributed by atoms with E-state index >= 15 is 0 Å². The van der Waals surface area contributed by atoms with Gasteiger partial charge >= 0.3 is 6.18 Å². The molecular formula is C10H14F3N3OS. The highest BCUT2D eigenvalue weighted by Crippen LogP contribution is 2.31. The average molecular weight is 281 g/mol. The van der Waals surface area contributed by atoms with Gasteiger partial charge in [0.25, 0.3) is 0 Å². The monoisotopic (exact) mass is 281 g/mol. The molecule has 1 unspecified atom stereocenters. The number of anilines is 1. The number of aliphatic hydroxyl groups is 1. The molecule has 1 atom stereocenters. The van der Waals surface area contributed by atoms with Gasteiger partial charge in [0.05, 0.1) is 0 Å². The van der Waals surface area contributed by atoms with Gasteiger partial charge in [-0.2, -0.15) is 13.2 Å². The molecule has 0 bridgehead atoms. The average Bonchev–Trinajstić information content (AvgIpc) is 2.34. The number of aromatic nitrogens is 2. The highest BCUT2D eigenvalue weighted by atomic mass is 32.2. The zero-order chi connectivity index (χ0) is 13.8. The van der Waals surface area contributed by atoms with Crippen LogP contribution in [0, 0.1) is 5.92 Å². The number of hydrogen-bond donors (Lipinski definition) is 2. The lowest BCUT2D eigenvalue weighted by molar-refractivity contribution is -0.141. The highest BCUT2D eigenvalue weighted by Gasteiger charge is 2.33. The van der Waals surface area contributed by atoms with Crippen LogP contribution < -0.4 is 5.32 Å². The SMILES string of the molecule is CNc1nc(SCC(C)CO)cc(C(F)(F)F)n1. The van der Waals surface area contributed by atoms with E-state index in [-0.39, 0.29) is 23.5 Å². The van der Waals surface area contributed by atoms with Crippen LogP contribution in [0.25, 0.3) is 0 Å². The maximum atomic E-state index is 12.6. The molecule has 0 aliphatic carbocycles. The zero-order valence-corrected chi connectivity index (χ0v) is 10.8. The van der Waals surface area contributed by atoms with Crippen molar-refractivity contribution in [3.8, 4) is 0 Å². The Kier molecular flexibility index (Phi) is 5.21. The summed E-state index contributed by atoms with van der Waals surface area (Å²) in [5, 5.41) is 11.6. The topological polar surface area (TPSA) is 58.0 Å². The van der Waals surface area contributed by atoms with E-state index in [4.69, 9.17) is 5.11 Å². The van der Waals surface area contributed by atoms with Gasteiger partial charge in [-0.25, -0.2) is 9.97 Å². The Morgan fingerprint density at radius 2 is 2.11 bits per heavy atom. The zero-order valence-electron chi connectivity index (χ0n) is 9.95. The summed E-state index contributed by atoms with van der Waals surface area (Å²) in [5.74, 6) is 0.426. The second kappa shape index (κ2) is 6.24. The Hall–Kier alpha value is -1.02. The Morgan fingerprint density at radius 1 is 1.44 bits per heavy atom. The predicted octanol–water partition coefficient (Wildman–Crippen LogP) is 2.26. The summed E-state index contributed by atoms with van der Waals surface area (Å²) >= 11 is 1.16. The van der Waals surface area contributed by atoms with Crippen molar-refractivity contribution >= 4 is 17.7 Å². The van der Waals surface area contributed by atoms with Crippen LogP contribution in [0.4, 0.5) is 19.1 Å². The summed E-state index contributed by atoms with van der Waals surface area (Å²) in [6.07, 6.45) is -4.49. The van der Waals surface area contributed by atoms with Crippen LogP contribution in [-0.2, 0) is 6.18 Å². The molecule has 8 heteroatoms. The van der Waals surface area contributed by atoms with Crippen LogP contribution >= 0.6 is 11.8 Å². The van der Waals surface area contributed by atoms with Gasteiger partial charge in [0.1, 0.15) is 5.03 Å². The van der Waals surface area contributed by atoms with E-state index in [1.165, 1.54) is 7.05 Å². The smallest absolute Gasteiger partial charge is 0.396 e. The number of hydrogen-bond acceptors (Lipinski definition) is 5. The number of nitrogens with zero attached hydrogens (tertiary/aromatic N) is 2.